The summed E-state index contributed by atoms with van der Waals surface area (Å²) in [5.41, 5.74) is 1.02. The van der Waals surface area contributed by atoms with Gasteiger partial charge in [-0.3, -0.25) is 9.59 Å². The molecular formula is C21H24ClFN2O2. The van der Waals surface area contributed by atoms with Crippen LogP contribution in [0.5, 0.6) is 0 Å². The number of rotatable bonds is 7. The maximum atomic E-state index is 14.1. The van der Waals surface area contributed by atoms with Gasteiger partial charge in [0.2, 0.25) is 11.8 Å². The number of carbonyl (C=O) groups is 2. The summed E-state index contributed by atoms with van der Waals surface area (Å²) in [6, 6.07) is 12.5. The summed E-state index contributed by atoms with van der Waals surface area (Å²) in [6.07, 6.45) is 0.0351. The van der Waals surface area contributed by atoms with E-state index < -0.39 is 11.9 Å². The summed E-state index contributed by atoms with van der Waals surface area (Å²) < 4.78 is 14.1. The molecule has 2 aromatic carbocycles. The second-order valence-corrected chi connectivity index (χ2v) is 7.13. The number of nitrogens with zero attached hydrogens (tertiary/aromatic N) is 1. The number of hydrogen-bond acceptors (Lipinski definition) is 2. The van der Waals surface area contributed by atoms with E-state index in [1.165, 1.54) is 11.0 Å². The fourth-order valence-electron chi connectivity index (χ4n) is 2.70. The van der Waals surface area contributed by atoms with Gasteiger partial charge in [0.1, 0.15) is 11.9 Å². The van der Waals surface area contributed by atoms with E-state index in [-0.39, 0.29) is 30.8 Å². The van der Waals surface area contributed by atoms with Crippen molar-refractivity contribution in [3.8, 4) is 0 Å². The van der Waals surface area contributed by atoms with E-state index in [1.54, 1.807) is 49.4 Å². The lowest BCUT2D eigenvalue weighted by molar-refractivity contribution is -0.140. The summed E-state index contributed by atoms with van der Waals surface area (Å²) in [5, 5.41) is 3.28. The van der Waals surface area contributed by atoms with Gasteiger partial charge >= 0.3 is 0 Å². The van der Waals surface area contributed by atoms with Gasteiger partial charge in [0.15, 0.2) is 0 Å². The third-order valence-corrected chi connectivity index (χ3v) is 4.57. The quantitative estimate of drug-likeness (QED) is 0.777. The van der Waals surface area contributed by atoms with Crippen molar-refractivity contribution in [1.82, 2.24) is 10.2 Å². The van der Waals surface area contributed by atoms with Crippen molar-refractivity contribution in [3.63, 3.8) is 0 Å². The highest BCUT2D eigenvalue weighted by atomic mass is 35.5. The van der Waals surface area contributed by atoms with Gasteiger partial charge in [0, 0.05) is 23.2 Å². The van der Waals surface area contributed by atoms with E-state index in [2.05, 4.69) is 5.32 Å². The molecule has 6 heteroatoms. The van der Waals surface area contributed by atoms with Crippen LogP contribution < -0.4 is 5.32 Å². The Labute approximate surface area is 164 Å². The molecule has 2 amide bonds. The van der Waals surface area contributed by atoms with Crippen LogP contribution in [0, 0.1) is 5.82 Å². The Morgan fingerprint density at radius 3 is 2.22 bits per heavy atom. The highest BCUT2D eigenvalue weighted by molar-refractivity contribution is 6.31. The number of amides is 2. The SMILES string of the molecule is CC(C)NC(=O)C(C)N(Cc1ccccc1F)C(=O)Cc1ccccc1Cl. The molecule has 0 aromatic heterocycles. The lowest BCUT2D eigenvalue weighted by atomic mass is 10.1. The second-order valence-electron chi connectivity index (χ2n) is 6.72. The molecule has 0 bridgehead atoms. The van der Waals surface area contributed by atoms with Crippen LogP contribution in [0.15, 0.2) is 48.5 Å². The highest BCUT2D eigenvalue weighted by Crippen LogP contribution is 2.19. The molecule has 1 unspecified atom stereocenters. The summed E-state index contributed by atoms with van der Waals surface area (Å²) in [4.78, 5) is 26.8. The van der Waals surface area contributed by atoms with Crippen LogP contribution in [0.3, 0.4) is 0 Å². The largest absolute Gasteiger partial charge is 0.352 e. The van der Waals surface area contributed by atoms with Gasteiger partial charge in [0.05, 0.1) is 6.42 Å². The Bertz CT molecular complexity index is 810. The van der Waals surface area contributed by atoms with Gasteiger partial charge in [0.25, 0.3) is 0 Å². The number of halogens is 2. The number of benzene rings is 2. The number of carbonyl (C=O) groups excluding carboxylic acids is 2. The molecule has 0 radical (unpaired) electrons. The highest BCUT2D eigenvalue weighted by Gasteiger charge is 2.27. The number of hydrogen-bond donors (Lipinski definition) is 1. The molecule has 0 fully saturated rings. The molecule has 1 N–H and O–H groups in total. The minimum absolute atomic E-state index is 0.00262. The lowest BCUT2D eigenvalue weighted by Crippen LogP contribution is -2.49. The first-order chi connectivity index (χ1) is 12.8. The zero-order chi connectivity index (χ0) is 20.0. The van der Waals surface area contributed by atoms with E-state index in [0.29, 0.717) is 16.1 Å². The summed E-state index contributed by atoms with van der Waals surface area (Å²) in [7, 11) is 0. The summed E-state index contributed by atoms with van der Waals surface area (Å²) >= 11 is 6.16. The van der Waals surface area contributed by atoms with Crippen molar-refractivity contribution < 1.29 is 14.0 Å². The molecule has 4 nitrogen and oxygen atoms in total. The Kier molecular flexibility index (Phi) is 7.36. The molecule has 0 aliphatic rings. The molecule has 2 rings (SSSR count). The average Bonchev–Trinajstić information content (AvgIpc) is 2.61. The minimum atomic E-state index is -0.748. The molecule has 0 saturated carbocycles. The van der Waals surface area contributed by atoms with Crippen LogP contribution in [0.2, 0.25) is 5.02 Å². The predicted octanol–water partition coefficient (Wildman–Crippen LogP) is 3.96. The van der Waals surface area contributed by atoms with Crippen LogP contribution in [-0.2, 0) is 22.6 Å². The van der Waals surface area contributed by atoms with Crippen molar-refractivity contribution >= 4 is 23.4 Å². The van der Waals surface area contributed by atoms with E-state index in [9.17, 15) is 14.0 Å². The lowest BCUT2D eigenvalue weighted by Gasteiger charge is -2.29. The van der Waals surface area contributed by atoms with E-state index >= 15 is 0 Å². The first kappa shape index (κ1) is 20.9. The molecule has 0 spiro atoms. The minimum Gasteiger partial charge on any atom is -0.352 e. The third-order valence-electron chi connectivity index (χ3n) is 4.20. The normalized spacial score (nSPS) is 11.9. The van der Waals surface area contributed by atoms with Crippen molar-refractivity contribution in [2.75, 3.05) is 0 Å². The zero-order valence-corrected chi connectivity index (χ0v) is 16.5. The van der Waals surface area contributed by atoms with E-state index in [4.69, 9.17) is 11.6 Å². The molecule has 27 heavy (non-hydrogen) atoms. The van der Waals surface area contributed by atoms with Crippen molar-refractivity contribution in [1.29, 1.82) is 0 Å². The van der Waals surface area contributed by atoms with Gasteiger partial charge in [-0.15, -0.1) is 0 Å². The third kappa shape index (κ3) is 5.79. The fourth-order valence-corrected chi connectivity index (χ4v) is 2.91. The van der Waals surface area contributed by atoms with Gasteiger partial charge in [-0.2, -0.15) is 0 Å². The van der Waals surface area contributed by atoms with Crippen molar-refractivity contribution in [2.24, 2.45) is 0 Å². The number of nitrogens with one attached hydrogen (secondary N) is 1. The van der Waals surface area contributed by atoms with E-state index in [1.807, 2.05) is 13.8 Å². The predicted molar refractivity (Wildman–Crippen MR) is 105 cm³/mol. The summed E-state index contributed by atoms with van der Waals surface area (Å²) in [5.74, 6) is -0.990. The smallest absolute Gasteiger partial charge is 0.242 e. The molecule has 0 aliphatic heterocycles. The Morgan fingerprint density at radius 2 is 1.63 bits per heavy atom. The van der Waals surface area contributed by atoms with Gasteiger partial charge in [-0.05, 0) is 38.5 Å². The molecule has 0 heterocycles. The van der Waals surface area contributed by atoms with E-state index in [0.717, 1.165) is 0 Å². The molecule has 144 valence electrons. The zero-order valence-electron chi connectivity index (χ0n) is 15.7. The van der Waals surface area contributed by atoms with Crippen LogP contribution in [-0.4, -0.2) is 28.8 Å². The molecule has 2 aromatic rings. The second kappa shape index (κ2) is 9.51. The van der Waals surface area contributed by atoms with Crippen LogP contribution >= 0.6 is 11.6 Å². The molecule has 0 aliphatic carbocycles. The average molecular weight is 391 g/mol. The molecule has 0 saturated heterocycles. The molecule has 1 atom stereocenters. The topological polar surface area (TPSA) is 49.4 Å². The van der Waals surface area contributed by atoms with Crippen molar-refractivity contribution in [3.05, 3.63) is 70.5 Å². The monoisotopic (exact) mass is 390 g/mol. The van der Waals surface area contributed by atoms with Crippen LogP contribution in [0.4, 0.5) is 4.39 Å². The Balaban J connectivity index is 2.27. The fraction of sp³-hybridized carbons (Fsp3) is 0.333. The Hall–Kier alpha value is -2.40. The van der Waals surface area contributed by atoms with Gasteiger partial charge in [-0.1, -0.05) is 48.0 Å². The van der Waals surface area contributed by atoms with Crippen LogP contribution in [0.1, 0.15) is 31.9 Å². The maximum Gasteiger partial charge on any atom is 0.242 e. The first-order valence-electron chi connectivity index (χ1n) is 8.86. The molecular weight excluding hydrogens is 367 g/mol. The van der Waals surface area contributed by atoms with Crippen molar-refractivity contribution in [2.45, 2.75) is 45.8 Å². The standard InChI is InChI=1S/C21H24ClFN2O2/c1-14(2)24-21(27)15(3)25(13-17-9-5-7-11-19(17)23)20(26)12-16-8-4-6-10-18(16)22/h4-11,14-15H,12-13H2,1-3H3,(H,24,27). The Morgan fingerprint density at radius 1 is 1.04 bits per heavy atom. The maximum absolute atomic E-state index is 14.1. The van der Waals surface area contributed by atoms with Gasteiger partial charge < -0.3 is 10.2 Å². The van der Waals surface area contributed by atoms with Crippen LogP contribution in [0.25, 0.3) is 0 Å². The van der Waals surface area contributed by atoms with Gasteiger partial charge in [-0.25, -0.2) is 4.39 Å². The first-order valence-corrected chi connectivity index (χ1v) is 9.24. The summed E-state index contributed by atoms with van der Waals surface area (Å²) in [6.45, 7) is 5.33.